The number of carbonyl (C=O) groups is 1. The van der Waals surface area contributed by atoms with Gasteiger partial charge >= 0.3 is 4.87 Å². The quantitative estimate of drug-likeness (QED) is 0.780. The van der Waals surface area contributed by atoms with E-state index in [2.05, 4.69) is 17.3 Å². The van der Waals surface area contributed by atoms with Crippen molar-refractivity contribution in [3.63, 3.8) is 0 Å². The number of thiazole rings is 1. The Labute approximate surface area is 136 Å². The molecule has 1 fully saturated rings. The number of rotatable bonds is 7. The molecule has 22 heavy (non-hydrogen) atoms. The SMILES string of the molecule is Cc1csc(=O)n1CC(=O)NCCCN(C)C1CCCCC1. The van der Waals surface area contributed by atoms with Gasteiger partial charge < -0.3 is 10.2 Å². The number of nitrogens with zero attached hydrogens (tertiary/aromatic N) is 2. The predicted octanol–water partition coefficient (Wildman–Crippen LogP) is 1.99. The molecule has 2 rings (SSSR count). The number of amides is 1. The largest absolute Gasteiger partial charge is 0.355 e. The highest BCUT2D eigenvalue weighted by molar-refractivity contribution is 7.07. The molecule has 0 radical (unpaired) electrons. The molecule has 6 heteroatoms. The lowest BCUT2D eigenvalue weighted by molar-refractivity contribution is -0.121. The van der Waals surface area contributed by atoms with Crippen molar-refractivity contribution in [3.05, 3.63) is 20.7 Å². The zero-order valence-corrected chi connectivity index (χ0v) is 14.5. The maximum atomic E-state index is 11.9. The highest BCUT2D eigenvalue weighted by Gasteiger charge is 2.17. The minimum absolute atomic E-state index is 0.0651. The molecular formula is C16H27N3O2S. The Morgan fingerprint density at radius 3 is 2.77 bits per heavy atom. The summed E-state index contributed by atoms with van der Waals surface area (Å²) in [6.07, 6.45) is 7.64. The molecule has 1 aromatic heterocycles. The first kappa shape index (κ1) is 17.2. The third kappa shape index (κ3) is 4.95. The molecule has 1 aliphatic carbocycles. The molecule has 0 bridgehead atoms. The summed E-state index contributed by atoms with van der Waals surface area (Å²) in [7, 11) is 2.19. The fraction of sp³-hybridized carbons (Fsp3) is 0.750. The highest BCUT2D eigenvalue weighted by Crippen LogP contribution is 2.21. The number of aryl methyl sites for hydroxylation is 1. The van der Waals surface area contributed by atoms with Crippen LogP contribution in [0.2, 0.25) is 0 Å². The number of nitrogens with one attached hydrogen (secondary N) is 1. The van der Waals surface area contributed by atoms with Crippen LogP contribution in [-0.4, -0.2) is 41.6 Å². The molecule has 1 N–H and O–H groups in total. The van der Waals surface area contributed by atoms with Crippen LogP contribution in [0.3, 0.4) is 0 Å². The Bertz CT molecular complexity index is 532. The molecule has 1 aromatic rings. The van der Waals surface area contributed by atoms with Crippen LogP contribution in [-0.2, 0) is 11.3 Å². The van der Waals surface area contributed by atoms with E-state index in [0.29, 0.717) is 6.54 Å². The number of carbonyl (C=O) groups excluding carboxylic acids is 1. The minimum atomic E-state index is -0.0797. The highest BCUT2D eigenvalue weighted by atomic mass is 32.1. The van der Waals surface area contributed by atoms with Crippen LogP contribution in [0.25, 0.3) is 0 Å². The van der Waals surface area contributed by atoms with Crippen molar-refractivity contribution in [1.29, 1.82) is 0 Å². The van der Waals surface area contributed by atoms with Crippen molar-refractivity contribution in [3.8, 4) is 0 Å². The van der Waals surface area contributed by atoms with E-state index in [1.807, 2.05) is 6.92 Å². The maximum Gasteiger partial charge on any atom is 0.307 e. The van der Waals surface area contributed by atoms with Crippen molar-refractivity contribution < 1.29 is 4.79 Å². The van der Waals surface area contributed by atoms with Crippen LogP contribution in [0.1, 0.15) is 44.2 Å². The first-order valence-electron chi connectivity index (χ1n) is 8.20. The summed E-state index contributed by atoms with van der Waals surface area (Å²) in [4.78, 5) is 25.8. The molecule has 0 aromatic carbocycles. The lowest BCUT2D eigenvalue weighted by Gasteiger charge is -2.31. The second-order valence-corrected chi connectivity index (χ2v) is 7.03. The van der Waals surface area contributed by atoms with E-state index in [0.717, 1.165) is 36.0 Å². The third-order valence-corrected chi connectivity index (χ3v) is 5.37. The van der Waals surface area contributed by atoms with Gasteiger partial charge in [-0.1, -0.05) is 30.6 Å². The summed E-state index contributed by atoms with van der Waals surface area (Å²) in [6.45, 7) is 3.67. The van der Waals surface area contributed by atoms with Crippen LogP contribution in [0.15, 0.2) is 10.2 Å². The van der Waals surface area contributed by atoms with Gasteiger partial charge in [-0.05, 0) is 39.8 Å². The molecule has 124 valence electrons. The Hall–Kier alpha value is -1.14. The van der Waals surface area contributed by atoms with Gasteiger partial charge in [0.1, 0.15) is 6.54 Å². The van der Waals surface area contributed by atoms with Crippen molar-refractivity contribution in [2.45, 2.75) is 58.0 Å². The van der Waals surface area contributed by atoms with Crippen LogP contribution < -0.4 is 10.2 Å². The molecule has 0 atom stereocenters. The first-order valence-corrected chi connectivity index (χ1v) is 9.08. The third-order valence-electron chi connectivity index (χ3n) is 4.49. The summed E-state index contributed by atoms with van der Waals surface area (Å²) in [5.74, 6) is -0.0797. The van der Waals surface area contributed by atoms with Gasteiger partial charge in [-0.15, -0.1) is 0 Å². The molecule has 0 saturated heterocycles. The van der Waals surface area contributed by atoms with Gasteiger partial charge in [0.25, 0.3) is 0 Å². The van der Waals surface area contributed by atoms with E-state index in [1.54, 1.807) is 5.38 Å². The number of aromatic nitrogens is 1. The summed E-state index contributed by atoms with van der Waals surface area (Å²) >= 11 is 1.14. The van der Waals surface area contributed by atoms with Crippen molar-refractivity contribution in [1.82, 2.24) is 14.8 Å². The predicted molar refractivity (Wildman–Crippen MR) is 90.4 cm³/mol. The lowest BCUT2D eigenvalue weighted by atomic mass is 9.94. The van der Waals surface area contributed by atoms with Gasteiger partial charge in [0.15, 0.2) is 0 Å². The zero-order valence-electron chi connectivity index (χ0n) is 13.6. The second kappa shape index (κ2) is 8.48. The van der Waals surface area contributed by atoms with Gasteiger partial charge in [0, 0.05) is 23.7 Å². The van der Waals surface area contributed by atoms with Crippen molar-refractivity contribution in [2.24, 2.45) is 0 Å². The van der Waals surface area contributed by atoms with E-state index in [1.165, 1.54) is 36.7 Å². The van der Waals surface area contributed by atoms with Gasteiger partial charge in [0.2, 0.25) is 5.91 Å². The second-order valence-electron chi connectivity index (χ2n) is 6.21. The number of hydrogen-bond donors (Lipinski definition) is 1. The van der Waals surface area contributed by atoms with E-state index in [4.69, 9.17) is 0 Å². The van der Waals surface area contributed by atoms with E-state index in [-0.39, 0.29) is 17.3 Å². The molecular weight excluding hydrogens is 298 g/mol. The molecule has 1 saturated carbocycles. The normalized spacial score (nSPS) is 16.1. The molecule has 1 amide bonds. The molecule has 0 unspecified atom stereocenters. The average Bonchev–Trinajstić information content (AvgIpc) is 2.84. The topological polar surface area (TPSA) is 54.3 Å². The van der Waals surface area contributed by atoms with Gasteiger partial charge in [-0.25, -0.2) is 0 Å². The van der Waals surface area contributed by atoms with Gasteiger partial charge in [-0.2, -0.15) is 0 Å². The summed E-state index contributed by atoms with van der Waals surface area (Å²) in [6, 6.07) is 0.719. The first-order chi connectivity index (χ1) is 10.6. The van der Waals surface area contributed by atoms with Crippen LogP contribution in [0.5, 0.6) is 0 Å². The van der Waals surface area contributed by atoms with Crippen molar-refractivity contribution >= 4 is 17.2 Å². The summed E-state index contributed by atoms with van der Waals surface area (Å²) in [5.41, 5.74) is 0.849. The summed E-state index contributed by atoms with van der Waals surface area (Å²) < 4.78 is 1.52. The molecule has 5 nitrogen and oxygen atoms in total. The standard InChI is InChI=1S/C16H27N3O2S/c1-13-12-22-16(21)19(13)11-15(20)17-9-6-10-18(2)14-7-4-3-5-8-14/h12,14H,3-11H2,1-2H3,(H,17,20). The maximum absolute atomic E-state index is 11.9. The monoisotopic (exact) mass is 325 g/mol. The molecule has 1 aliphatic rings. The van der Waals surface area contributed by atoms with E-state index < -0.39 is 0 Å². The average molecular weight is 325 g/mol. The molecule has 0 spiro atoms. The Morgan fingerprint density at radius 1 is 1.41 bits per heavy atom. The van der Waals surface area contributed by atoms with Crippen LogP contribution >= 0.6 is 11.3 Å². The fourth-order valence-electron chi connectivity index (χ4n) is 3.06. The van der Waals surface area contributed by atoms with E-state index >= 15 is 0 Å². The molecule has 0 aliphatic heterocycles. The Morgan fingerprint density at radius 2 is 2.14 bits per heavy atom. The molecule has 1 heterocycles. The fourth-order valence-corrected chi connectivity index (χ4v) is 3.79. The lowest BCUT2D eigenvalue weighted by Crippen LogP contribution is -2.36. The van der Waals surface area contributed by atoms with Gasteiger partial charge in [0.05, 0.1) is 0 Å². The van der Waals surface area contributed by atoms with E-state index in [9.17, 15) is 9.59 Å². The van der Waals surface area contributed by atoms with Crippen LogP contribution in [0.4, 0.5) is 0 Å². The van der Waals surface area contributed by atoms with Crippen LogP contribution in [0, 0.1) is 6.92 Å². The summed E-state index contributed by atoms with van der Waals surface area (Å²) in [5, 5.41) is 4.70. The minimum Gasteiger partial charge on any atom is -0.355 e. The zero-order chi connectivity index (χ0) is 15.9. The Kier molecular flexibility index (Phi) is 6.64. The number of hydrogen-bond acceptors (Lipinski definition) is 4. The van der Waals surface area contributed by atoms with Gasteiger partial charge in [-0.3, -0.25) is 14.2 Å². The Balaban J connectivity index is 1.64. The van der Waals surface area contributed by atoms with Crippen molar-refractivity contribution in [2.75, 3.05) is 20.1 Å². The smallest absolute Gasteiger partial charge is 0.307 e.